The number of nitrogens with zero attached hydrogens (tertiary/aromatic N) is 1. The maximum atomic E-state index is 13.2. The van der Waals surface area contributed by atoms with Gasteiger partial charge in [-0.05, 0) is 66.2 Å². The molecule has 0 aromatic heterocycles. The first-order valence-electron chi connectivity index (χ1n) is 10.4. The molecule has 36 heavy (non-hydrogen) atoms. The number of carbonyl (C=O) groups is 4. The summed E-state index contributed by atoms with van der Waals surface area (Å²) in [5, 5.41) is 5.36. The van der Waals surface area contributed by atoms with E-state index in [4.69, 9.17) is 27.9 Å². The van der Waals surface area contributed by atoms with Crippen LogP contribution in [0.5, 0.6) is 5.75 Å². The molecule has 3 aromatic carbocycles. The van der Waals surface area contributed by atoms with Gasteiger partial charge < -0.3 is 10.1 Å². The fourth-order valence-electron chi connectivity index (χ4n) is 3.26. The summed E-state index contributed by atoms with van der Waals surface area (Å²) in [7, 11) is 0. The van der Waals surface area contributed by atoms with Gasteiger partial charge in [-0.25, -0.2) is 14.1 Å². The number of nitrogens with one attached hydrogen (secondary N) is 2. The predicted molar refractivity (Wildman–Crippen MR) is 132 cm³/mol. The smallest absolute Gasteiger partial charge is 0.335 e. The summed E-state index contributed by atoms with van der Waals surface area (Å²) in [5.41, 5.74) is 0.638. The minimum atomic E-state index is -0.946. The molecule has 0 spiro atoms. The van der Waals surface area contributed by atoms with Crippen LogP contribution in [0.1, 0.15) is 5.56 Å². The zero-order valence-corrected chi connectivity index (χ0v) is 19.8. The summed E-state index contributed by atoms with van der Waals surface area (Å²) in [6, 6.07) is 14.7. The van der Waals surface area contributed by atoms with Crippen molar-refractivity contribution in [2.24, 2.45) is 0 Å². The SMILES string of the molecule is O=C(COc1cccc(/C=C2\C(=O)NC(=O)N(c3ccc(F)cc3)C2=O)c1)Nc1ccc(Cl)c(Cl)c1. The second-order valence-electron chi connectivity index (χ2n) is 7.47. The molecule has 0 saturated carbocycles. The van der Waals surface area contributed by atoms with E-state index in [0.717, 1.165) is 17.0 Å². The molecule has 0 radical (unpaired) electrons. The Balaban J connectivity index is 1.47. The first-order valence-corrected chi connectivity index (χ1v) is 11.1. The Morgan fingerprint density at radius 1 is 1.00 bits per heavy atom. The third kappa shape index (κ3) is 5.70. The van der Waals surface area contributed by atoms with Gasteiger partial charge in [0.1, 0.15) is 17.1 Å². The Labute approximate surface area is 214 Å². The standard InChI is InChI=1S/C25H16Cl2FN3O5/c26-20-9-6-16(12-21(20)27)29-22(32)13-36-18-3-1-2-14(10-18)11-19-23(33)30-25(35)31(24(19)34)17-7-4-15(28)5-8-17/h1-12H,13H2,(H,29,32)(H,30,33,35)/b19-11+. The van der Waals surface area contributed by atoms with E-state index in [9.17, 15) is 23.6 Å². The van der Waals surface area contributed by atoms with Gasteiger partial charge in [-0.2, -0.15) is 0 Å². The molecule has 0 atom stereocenters. The lowest BCUT2D eigenvalue weighted by Crippen LogP contribution is -2.54. The van der Waals surface area contributed by atoms with E-state index in [1.807, 2.05) is 0 Å². The van der Waals surface area contributed by atoms with Crippen LogP contribution in [0.2, 0.25) is 10.0 Å². The lowest BCUT2D eigenvalue weighted by molar-refractivity contribution is -0.122. The predicted octanol–water partition coefficient (Wildman–Crippen LogP) is 4.82. The number of hydrogen-bond donors (Lipinski definition) is 2. The largest absolute Gasteiger partial charge is 0.484 e. The molecule has 182 valence electrons. The molecule has 11 heteroatoms. The highest BCUT2D eigenvalue weighted by atomic mass is 35.5. The minimum absolute atomic E-state index is 0.0994. The van der Waals surface area contributed by atoms with E-state index in [2.05, 4.69) is 10.6 Å². The summed E-state index contributed by atoms with van der Waals surface area (Å²) in [5.74, 6) is -2.45. The van der Waals surface area contributed by atoms with Crippen molar-refractivity contribution in [3.63, 3.8) is 0 Å². The number of barbiturate groups is 1. The quantitative estimate of drug-likeness (QED) is 0.353. The molecular weight excluding hydrogens is 512 g/mol. The van der Waals surface area contributed by atoms with E-state index in [0.29, 0.717) is 22.0 Å². The first kappa shape index (κ1) is 24.9. The number of urea groups is 1. The number of amides is 5. The van der Waals surface area contributed by atoms with Crippen molar-refractivity contribution in [1.29, 1.82) is 0 Å². The normalized spacial score (nSPS) is 14.6. The molecule has 0 bridgehead atoms. The lowest BCUT2D eigenvalue weighted by atomic mass is 10.1. The lowest BCUT2D eigenvalue weighted by Gasteiger charge is -2.26. The topological polar surface area (TPSA) is 105 Å². The Hall–Kier alpha value is -4.21. The van der Waals surface area contributed by atoms with E-state index >= 15 is 0 Å². The molecule has 3 aromatic rings. The Bertz CT molecular complexity index is 1410. The van der Waals surface area contributed by atoms with Crippen molar-refractivity contribution < 1.29 is 28.3 Å². The van der Waals surface area contributed by atoms with E-state index in [1.165, 1.54) is 30.3 Å². The van der Waals surface area contributed by atoms with Crippen molar-refractivity contribution >= 4 is 64.4 Å². The maximum Gasteiger partial charge on any atom is 0.335 e. The van der Waals surface area contributed by atoms with Crippen molar-refractivity contribution in [2.75, 3.05) is 16.8 Å². The van der Waals surface area contributed by atoms with Gasteiger partial charge in [-0.15, -0.1) is 0 Å². The minimum Gasteiger partial charge on any atom is -0.484 e. The fourth-order valence-corrected chi connectivity index (χ4v) is 3.56. The highest BCUT2D eigenvalue weighted by Crippen LogP contribution is 2.25. The highest BCUT2D eigenvalue weighted by molar-refractivity contribution is 6.42. The summed E-state index contributed by atoms with van der Waals surface area (Å²) >= 11 is 11.8. The van der Waals surface area contributed by atoms with Crippen LogP contribution in [0.25, 0.3) is 6.08 Å². The number of carbonyl (C=O) groups excluding carboxylic acids is 4. The molecule has 5 amide bonds. The van der Waals surface area contributed by atoms with Crippen LogP contribution in [-0.2, 0) is 14.4 Å². The van der Waals surface area contributed by atoms with Crippen LogP contribution < -0.4 is 20.3 Å². The van der Waals surface area contributed by atoms with Crippen molar-refractivity contribution in [3.8, 4) is 5.75 Å². The number of rotatable bonds is 6. The number of benzene rings is 3. The monoisotopic (exact) mass is 527 g/mol. The van der Waals surface area contributed by atoms with Gasteiger partial charge in [0.15, 0.2) is 6.61 Å². The van der Waals surface area contributed by atoms with Crippen LogP contribution in [0, 0.1) is 5.82 Å². The maximum absolute atomic E-state index is 13.2. The summed E-state index contributed by atoms with van der Waals surface area (Å²) in [6.45, 7) is -0.327. The zero-order valence-electron chi connectivity index (χ0n) is 18.3. The average molecular weight is 528 g/mol. The van der Waals surface area contributed by atoms with E-state index in [-0.39, 0.29) is 22.9 Å². The summed E-state index contributed by atoms with van der Waals surface area (Å²) in [6.07, 6.45) is 1.28. The Morgan fingerprint density at radius 3 is 2.47 bits per heavy atom. The molecule has 0 unspecified atom stereocenters. The van der Waals surface area contributed by atoms with Crippen LogP contribution in [0.3, 0.4) is 0 Å². The number of anilines is 2. The van der Waals surface area contributed by atoms with Crippen LogP contribution >= 0.6 is 23.2 Å². The van der Waals surface area contributed by atoms with Crippen LogP contribution in [-0.4, -0.2) is 30.4 Å². The molecule has 1 fully saturated rings. The molecule has 1 aliphatic heterocycles. The van der Waals surface area contributed by atoms with Gasteiger partial charge >= 0.3 is 6.03 Å². The molecule has 8 nitrogen and oxygen atoms in total. The van der Waals surface area contributed by atoms with Gasteiger partial charge in [0.25, 0.3) is 17.7 Å². The summed E-state index contributed by atoms with van der Waals surface area (Å²) < 4.78 is 18.8. The van der Waals surface area contributed by atoms with Gasteiger partial charge in [-0.1, -0.05) is 35.3 Å². The number of imide groups is 2. The average Bonchev–Trinajstić information content (AvgIpc) is 2.84. The third-order valence-electron chi connectivity index (χ3n) is 4.93. The molecule has 1 heterocycles. The number of hydrogen-bond acceptors (Lipinski definition) is 5. The molecule has 1 aliphatic rings. The van der Waals surface area contributed by atoms with Gasteiger partial charge in [0.2, 0.25) is 0 Å². The van der Waals surface area contributed by atoms with Crippen molar-refractivity contribution in [1.82, 2.24) is 5.32 Å². The Morgan fingerprint density at radius 2 is 1.75 bits per heavy atom. The first-order chi connectivity index (χ1) is 17.2. The second kappa shape index (κ2) is 10.6. The fraction of sp³-hybridized carbons (Fsp3) is 0.0400. The van der Waals surface area contributed by atoms with Crippen LogP contribution in [0.4, 0.5) is 20.6 Å². The number of halogens is 3. The second-order valence-corrected chi connectivity index (χ2v) is 8.29. The molecule has 1 saturated heterocycles. The van der Waals surface area contributed by atoms with Crippen LogP contribution in [0.15, 0.2) is 72.3 Å². The zero-order chi connectivity index (χ0) is 25.8. The molecule has 0 aliphatic carbocycles. The molecular formula is C25H16Cl2FN3O5. The number of ether oxygens (including phenoxy) is 1. The van der Waals surface area contributed by atoms with E-state index in [1.54, 1.807) is 30.3 Å². The van der Waals surface area contributed by atoms with Gasteiger partial charge in [0.05, 0.1) is 15.7 Å². The van der Waals surface area contributed by atoms with Crippen molar-refractivity contribution in [2.45, 2.75) is 0 Å². The highest BCUT2D eigenvalue weighted by Gasteiger charge is 2.36. The van der Waals surface area contributed by atoms with E-state index < -0.39 is 29.6 Å². The summed E-state index contributed by atoms with van der Waals surface area (Å²) in [4.78, 5) is 50.5. The van der Waals surface area contributed by atoms with Gasteiger partial charge in [-0.3, -0.25) is 19.7 Å². The van der Waals surface area contributed by atoms with Gasteiger partial charge in [0, 0.05) is 5.69 Å². The van der Waals surface area contributed by atoms with Crippen molar-refractivity contribution in [3.05, 3.63) is 93.7 Å². The molecule has 2 N–H and O–H groups in total. The third-order valence-corrected chi connectivity index (χ3v) is 5.67. The Kier molecular flexibility index (Phi) is 7.33. The molecule has 4 rings (SSSR count).